The fraction of sp³-hybridized carbons (Fsp3) is 0.292. The van der Waals surface area contributed by atoms with Gasteiger partial charge in [-0.05, 0) is 48.8 Å². The van der Waals surface area contributed by atoms with E-state index in [0.29, 0.717) is 5.56 Å². The summed E-state index contributed by atoms with van der Waals surface area (Å²) >= 11 is 0. The molecule has 8 heteroatoms. The van der Waals surface area contributed by atoms with Crippen LogP contribution in [0.2, 0.25) is 0 Å². The number of alkyl halides is 3. The lowest BCUT2D eigenvalue weighted by molar-refractivity contribution is -0.214. The van der Waals surface area contributed by atoms with Crippen LogP contribution < -0.4 is 9.47 Å². The molecule has 1 spiro atoms. The van der Waals surface area contributed by atoms with Crippen LogP contribution in [0, 0.1) is 6.92 Å². The van der Waals surface area contributed by atoms with Crippen LogP contribution in [-0.4, -0.2) is 29.3 Å². The largest absolute Gasteiger partial charge is 0.477 e. The highest BCUT2D eigenvalue weighted by molar-refractivity contribution is 6.14. The van der Waals surface area contributed by atoms with Gasteiger partial charge < -0.3 is 9.47 Å². The average molecular weight is 444 g/mol. The Bertz CT molecular complexity index is 1180. The summed E-state index contributed by atoms with van der Waals surface area (Å²) in [5.74, 6) is -2.53. The van der Waals surface area contributed by atoms with Gasteiger partial charge in [-0.15, -0.1) is 0 Å². The van der Waals surface area contributed by atoms with Crippen LogP contribution in [0.4, 0.5) is 13.2 Å². The third-order valence-electron chi connectivity index (χ3n) is 6.05. The van der Waals surface area contributed by atoms with Crippen LogP contribution in [0.5, 0.6) is 11.5 Å². The molecule has 0 amide bonds. The van der Waals surface area contributed by atoms with E-state index in [1.54, 1.807) is 13.0 Å². The molecular weight excluding hydrogens is 425 g/mol. The second-order valence-electron chi connectivity index (χ2n) is 8.04. The molecule has 1 aliphatic heterocycles. The van der Waals surface area contributed by atoms with Gasteiger partial charge in [0.2, 0.25) is 11.4 Å². The van der Waals surface area contributed by atoms with Gasteiger partial charge in [0, 0.05) is 12.5 Å². The zero-order chi connectivity index (χ0) is 23.5. The number of rotatable bonds is 2. The lowest BCUT2D eigenvalue weighted by Gasteiger charge is -2.45. The number of carbonyl (C=O) groups is 3. The smallest absolute Gasteiger partial charge is 0.406 e. The molecular formula is C24H19F3O5. The summed E-state index contributed by atoms with van der Waals surface area (Å²) in [7, 11) is 0. The van der Waals surface area contributed by atoms with E-state index in [0.717, 1.165) is 19.1 Å². The van der Waals surface area contributed by atoms with Crippen molar-refractivity contribution in [1.29, 1.82) is 0 Å². The molecule has 1 heterocycles. The maximum absolute atomic E-state index is 15.2. The van der Waals surface area contributed by atoms with Crippen LogP contribution >= 0.6 is 0 Å². The number of halogens is 3. The SMILES string of the molecule is CC(=O)Oc1cc2c(cc1C)O[C@@]1(CC(=O)C(C)=CC1=O)[C@]2(c1ccccc1)C(F)(F)F. The number of esters is 1. The second-order valence-corrected chi connectivity index (χ2v) is 8.04. The number of allylic oxidation sites excluding steroid dienone is 1. The summed E-state index contributed by atoms with van der Waals surface area (Å²) in [6.45, 7) is 4.06. The Morgan fingerprint density at radius 2 is 1.75 bits per heavy atom. The monoisotopic (exact) mass is 444 g/mol. The minimum Gasteiger partial charge on any atom is -0.477 e. The number of carbonyl (C=O) groups excluding carboxylic acids is 3. The Kier molecular flexibility index (Phi) is 4.80. The summed E-state index contributed by atoms with van der Waals surface area (Å²) in [5, 5.41) is 0. The summed E-state index contributed by atoms with van der Waals surface area (Å²) < 4.78 is 56.6. The van der Waals surface area contributed by atoms with Crippen LogP contribution in [0.1, 0.15) is 37.0 Å². The highest BCUT2D eigenvalue weighted by Crippen LogP contribution is 2.63. The van der Waals surface area contributed by atoms with Crippen molar-refractivity contribution in [2.75, 3.05) is 0 Å². The van der Waals surface area contributed by atoms with Crippen molar-refractivity contribution in [3.05, 3.63) is 70.8 Å². The second kappa shape index (κ2) is 7.05. The summed E-state index contributed by atoms with van der Waals surface area (Å²) in [6.07, 6.45) is -4.91. The highest BCUT2D eigenvalue weighted by Gasteiger charge is 2.77. The first-order valence-corrected chi connectivity index (χ1v) is 9.85. The minimum absolute atomic E-state index is 0.0705. The van der Waals surface area contributed by atoms with Gasteiger partial charge in [0.1, 0.15) is 11.5 Å². The van der Waals surface area contributed by atoms with E-state index in [9.17, 15) is 14.4 Å². The number of benzene rings is 2. The van der Waals surface area contributed by atoms with E-state index in [-0.39, 0.29) is 28.2 Å². The molecule has 0 aromatic heterocycles. The number of hydrogen-bond acceptors (Lipinski definition) is 5. The molecule has 1 aliphatic carbocycles. The molecule has 4 rings (SSSR count). The predicted molar refractivity (Wildman–Crippen MR) is 108 cm³/mol. The number of ketones is 2. The van der Waals surface area contributed by atoms with Gasteiger partial charge in [0.25, 0.3) is 0 Å². The van der Waals surface area contributed by atoms with Crippen LogP contribution in [0.3, 0.4) is 0 Å². The maximum Gasteiger partial charge on any atom is 0.406 e. The molecule has 2 aliphatic rings. The molecule has 0 saturated carbocycles. The molecule has 2 aromatic carbocycles. The Morgan fingerprint density at radius 1 is 1.09 bits per heavy atom. The van der Waals surface area contributed by atoms with E-state index in [1.807, 2.05) is 0 Å². The fourth-order valence-electron chi connectivity index (χ4n) is 4.66. The van der Waals surface area contributed by atoms with E-state index >= 15 is 13.2 Å². The normalized spacial score (nSPS) is 24.8. The molecule has 0 saturated heterocycles. The van der Waals surface area contributed by atoms with Crippen molar-refractivity contribution in [3.63, 3.8) is 0 Å². The van der Waals surface area contributed by atoms with Crippen molar-refractivity contribution in [1.82, 2.24) is 0 Å². The van der Waals surface area contributed by atoms with Crippen LogP contribution in [0.15, 0.2) is 54.1 Å². The van der Waals surface area contributed by atoms with Gasteiger partial charge in [-0.3, -0.25) is 14.4 Å². The quantitative estimate of drug-likeness (QED) is 0.508. The number of ether oxygens (including phenoxy) is 2. The fourth-order valence-corrected chi connectivity index (χ4v) is 4.66. The molecule has 32 heavy (non-hydrogen) atoms. The lowest BCUT2D eigenvalue weighted by Crippen LogP contribution is -2.66. The van der Waals surface area contributed by atoms with Gasteiger partial charge in [-0.2, -0.15) is 13.2 Å². The number of hydrogen-bond donors (Lipinski definition) is 0. The first-order valence-electron chi connectivity index (χ1n) is 9.85. The Hall–Kier alpha value is -3.42. The van der Waals surface area contributed by atoms with Crippen molar-refractivity contribution in [2.45, 2.75) is 44.4 Å². The minimum atomic E-state index is -5.04. The molecule has 5 nitrogen and oxygen atoms in total. The van der Waals surface area contributed by atoms with Crippen molar-refractivity contribution in [2.24, 2.45) is 0 Å². The molecule has 0 bridgehead atoms. The van der Waals surface area contributed by atoms with Crippen LogP contribution in [0.25, 0.3) is 0 Å². The first-order chi connectivity index (χ1) is 14.9. The molecule has 0 radical (unpaired) electrons. The highest BCUT2D eigenvalue weighted by atomic mass is 19.4. The van der Waals surface area contributed by atoms with Crippen molar-refractivity contribution < 1.29 is 37.0 Å². The molecule has 0 fully saturated rings. The molecule has 0 N–H and O–H groups in total. The van der Waals surface area contributed by atoms with E-state index < -0.39 is 41.1 Å². The van der Waals surface area contributed by atoms with E-state index in [1.165, 1.54) is 37.3 Å². The standard InChI is InChI=1S/C24H19F3O5/c1-13-10-21(30)22(12-18(13)29)23(24(25,26)27,16-7-5-4-6-8-16)17-11-19(31-15(3)28)14(2)9-20(17)32-22/h4-11H,12H2,1-3H3/t22-,23-/m1/s1. The van der Waals surface area contributed by atoms with E-state index in [2.05, 4.69) is 0 Å². The zero-order valence-corrected chi connectivity index (χ0v) is 17.5. The van der Waals surface area contributed by atoms with Gasteiger partial charge in [-0.25, -0.2) is 0 Å². The first kappa shape index (κ1) is 21.8. The topological polar surface area (TPSA) is 69.7 Å². The van der Waals surface area contributed by atoms with Gasteiger partial charge in [-0.1, -0.05) is 30.3 Å². The van der Waals surface area contributed by atoms with Gasteiger partial charge in [0.15, 0.2) is 11.2 Å². The third-order valence-corrected chi connectivity index (χ3v) is 6.05. The number of aryl methyl sites for hydroxylation is 1. The Balaban J connectivity index is 2.14. The average Bonchev–Trinajstić information content (AvgIpc) is 2.97. The molecule has 2 aromatic rings. The van der Waals surface area contributed by atoms with Gasteiger partial charge in [0.05, 0.1) is 6.42 Å². The van der Waals surface area contributed by atoms with Crippen molar-refractivity contribution in [3.8, 4) is 11.5 Å². The number of fused-ring (bicyclic) bond motifs is 1. The summed E-state index contributed by atoms with van der Waals surface area (Å²) in [5.41, 5.74) is -5.77. The molecule has 166 valence electrons. The summed E-state index contributed by atoms with van der Waals surface area (Å²) in [6, 6.07) is 9.29. The molecule has 2 atom stereocenters. The van der Waals surface area contributed by atoms with Crippen LogP contribution in [-0.2, 0) is 19.8 Å². The zero-order valence-electron chi connectivity index (χ0n) is 17.5. The molecule has 0 unspecified atom stereocenters. The maximum atomic E-state index is 15.2. The van der Waals surface area contributed by atoms with Crippen molar-refractivity contribution >= 4 is 17.5 Å². The predicted octanol–water partition coefficient (Wildman–Crippen LogP) is 4.39. The van der Waals surface area contributed by atoms with Gasteiger partial charge >= 0.3 is 12.1 Å². The Morgan fingerprint density at radius 3 is 2.34 bits per heavy atom. The lowest BCUT2D eigenvalue weighted by atomic mass is 9.59. The third kappa shape index (κ3) is 2.82. The Labute approximate surface area is 181 Å². The summed E-state index contributed by atoms with van der Waals surface area (Å²) in [4.78, 5) is 37.5. The van der Waals surface area contributed by atoms with E-state index in [4.69, 9.17) is 9.47 Å². The number of Topliss-reactive ketones (excluding diaryl/α,β-unsaturated/α-hetero) is 1.